The normalized spacial score (nSPS) is 12.3. The van der Waals surface area contributed by atoms with Crippen LogP contribution in [0.4, 0.5) is 0 Å². The largest absolute Gasteiger partial charge is 0.348 e. The molecule has 2 aromatic rings. The van der Waals surface area contributed by atoms with E-state index in [0.29, 0.717) is 19.6 Å². The minimum atomic E-state index is 0.0556. The van der Waals surface area contributed by atoms with E-state index in [9.17, 15) is 4.79 Å². The lowest BCUT2D eigenvalue weighted by Crippen LogP contribution is -2.12. The second kappa shape index (κ2) is 7.20. The molecule has 0 bridgehead atoms. The molecule has 1 amide bonds. The maximum atomic E-state index is 11.1. The predicted octanol–water partition coefficient (Wildman–Crippen LogP) is 2.15. The molecule has 22 heavy (non-hydrogen) atoms. The molecule has 0 saturated heterocycles. The Bertz CT molecular complexity index is 680. The van der Waals surface area contributed by atoms with E-state index in [-0.39, 0.29) is 5.91 Å². The van der Waals surface area contributed by atoms with Gasteiger partial charge in [-0.2, -0.15) is 0 Å². The van der Waals surface area contributed by atoms with Crippen LogP contribution in [0, 0.1) is 13.8 Å². The maximum absolute atomic E-state index is 11.1. The summed E-state index contributed by atoms with van der Waals surface area (Å²) in [4.78, 5) is 11.1. The molecule has 3 rings (SSSR count). The van der Waals surface area contributed by atoms with Crippen molar-refractivity contribution in [2.75, 3.05) is 0 Å². The first-order chi connectivity index (χ1) is 10.5. The van der Waals surface area contributed by atoms with Crippen molar-refractivity contribution in [1.82, 2.24) is 5.32 Å². The standard InChI is InChI=1S/C9H14N2.C9H9NO/c1-7-2-3-8(5-10)9(4-7)6-11;1-6-2-3-8-7(4-6)5-10-9(8)11/h2-4H,5-6,10-11H2,1H3;2-4H,5H2,1H3,(H,10,11). The molecule has 0 spiro atoms. The van der Waals surface area contributed by atoms with Gasteiger partial charge in [-0.15, -0.1) is 0 Å². The summed E-state index contributed by atoms with van der Waals surface area (Å²) < 4.78 is 0. The Labute approximate surface area is 131 Å². The highest BCUT2D eigenvalue weighted by Gasteiger charge is 2.17. The predicted molar refractivity (Wildman–Crippen MR) is 89.3 cm³/mol. The zero-order chi connectivity index (χ0) is 16.1. The fourth-order valence-corrected chi connectivity index (χ4v) is 2.50. The number of rotatable bonds is 2. The first kappa shape index (κ1) is 16.2. The van der Waals surface area contributed by atoms with Gasteiger partial charge in [-0.05, 0) is 36.6 Å². The van der Waals surface area contributed by atoms with Crippen LogP contribution < -0.4 is 16.8 Å². The van der Waals surface area contributed by atoms with E-state index in [1.165, 1.54) is 11.1 Å². The fourth-order valence-electron chi connectivity index (χ4n) is 2.50. The van der Waals surface area contributed by atoms with Crippen molar-refractivity contribution >= 4 is 5.91 Å². The summed E-state index contributed by atoms with van der Waals surface area (Å²) in [5.41, 5.74) is 17.8. The van der Waals surface area contributed by atoms with Crippen molar-refractivity contribution in [2.45, 2.75) is 33.5 Å². The molecule has 5 N–H and O–H groups in total. The van der Waals surface area contributed by atoms with Gasteiger partial charge in [0, 0.05) is 25.2 Å². The number of carbonyl (C=O) groups is 1. The van der Waals surface area contributed by atoms with Crippen LogP contribution in [0.2, 0.25) is 0 Å². The third-order valence-corrected chi connectivity index (χ3v) is 3.75. The highest BCUT2D eigenvalue weighted by molar-refractivity contribution is 5.98. The van der Waals surface area contributed by atoms with Crippen LogP contribution >= 0.6 is 0 Å². The van der Waals surface area contributed by atoms with E-state index in [0.717, 1.165) is 22.3 Å². The molecular weight excluding hydrogens is 274 g/mol. The van der Waals surface area contributed by atoms with Crippen molar-refractivity contribution in [3.05, 3.63) is 69.8 Å². The van der Waals surface area contributed by atoms with Crippen LogP contribution in [0.25, 0.3) is 0 Å². The van der Waals surface area contributed by atoms with Crippen molar-refractivity contribution in [3.63, 3.8) is 0 Å². The zero-order valence-electron chi connectivity index (χ0n) is 13.1. The van der Waals surface area contributed by atoms with E-state index in [1.54, 1.807) is 0 Å². The molecule has 0 unspecified atom stereocenters. The fraction of sp³-hybridized carbons (Fsp3) is 0.278. The molecule has 4 heteroatoms. The van der Waals surface area contributed by atoms with Crippen molar-refractivity contribution in [3.8, 4) is 0 Å². The molecule has 0 radical (unpaired) electrons. The van der Waals surface area contributed by atoms with Crippen LogP contribution in [0.1, 0.15) is 38.2 Å². The quantitative estimate of drug-likeness (QED) is 0.794. The number of carbonyl (C=O) groups excluding carboxylic acids is 1. The molecule has 116 valence electrons. The average molecular weight is 297 g/mol. The molecule has 1 aliphatic rings. The Balaban J connectivity index is 0.000000160. The molecule has 0 atom stereocenters. The van der Waals surface area contributed by atoms with Gasteiger partial charge in [-0.25, -0.2) is 0 Å². The van der Waals surface area contributed by atoms with Crippen LogP contribution in [-0.4, -0.2) is 5.91 Å². The SMILES string of the molecule is Cc1ccc(CN)c(CN)c1.Cc1ccc2c(c1)CNC2=O. The Morgan fingerprint density at radius 1 is 0.955 bits per heavy atom. The third kappa shape index (κ3) is 3.72. The molecular formula is C18H23N3O. The Morgan fingerprint density at radius 3 is 2.27 bits per heavy atom. The Kier molecular flexibility index (Phi) is 5.31. The van der Waals surface area contributed by atoms with Crippen molar-refractivity contribution in [2.24, 2.45) is 11.5 Å². The van der Waals surface area contributed by atoms with E-state index >= 15 is 0 Å². The Morgan fingerprint density at radius 2 is 1.59 bits per heavy atom. The minimum absolute atomic E-state index is 0.0556. The monoisotopic (exact) mass is 297 g/mol. The van der Waals surface area contributed by atoms with Gasteiger partial charge >= 0.3 is 0 Å². The minimum Gasteiger partial charge on any atom is -0.348 e. The summed E-state index contributed by atoms with van der Waals surface area (Å²) in [6.07, 6.45) is 0. The lowest BCUT2D eigenvalue weighted by molar-refractivity contribution is 0.0966. The van der Waals surface area contributed by atoms with Crippen molar-refractivity contribution in [1.29, 1.82) is 0 Å². The lowest BCUT2D eigenvalue weighted by Gasteiger charge is -2.05. The smallest absolute Gasteiger partial charge is 0.251 e. The number of benzene rings is 2. The first-order valence-electron chi connectivity index (χ1n) is 7.41. The molecule has 1 heterocycles. The highest BCUT2D eigenvalue weighted by Crippen LogP contribution is 2.16. The average Bonchev–Trinajstić information content (AvgIpc) is 2.88. The number of hydrogen-bond donors (Lipinski definition) is 3. The van der Waals surface area contributed by atoms with Crippen LogP contribution in [0.15, 0.2) is 36.4 Å². The van der Waals surface area contributed by atoms with Gasteiger partial charge in [-0.1, -0.05) is 41.5 Å². The number of nitrogens with one attached hydrogen (secondary N) is 1. The van der Waals surface area contributed by atoms with Crippen molar-refractivity contribution < 1.29 is 4.79 Å². The summed E-state index contributed by atoms with van der Waals surface area (Å²) >= 11 is 0. The molecule has 1 aliphatic heterocycles. The summed E-state index contributed by atoms with van der Waals surface area (Å²) in [7, 11) is 0. The van der Waals surface area contributed by atoms with E-state index in [1.807, 2.05) is 31.2 Å². The van der Waals surface area contributed by atoms with E-state index < -0.39 is 0 Å². The first-order valence-corrected chi connectivity index (χ1v) is 7.41. The third-order valence-electron chi connectivity index (χ3n) is 3.75. The number of aryl methyl sites for hydroxylation is 2. The number of amides is 1. The summed E-state index contributed by atoms with van der Waals surface area (Å²) in [6, 6.07) is 12.1. The topological polar surface area (TPSA) is 81.1 Å². The summed E-state index contributed by atoms with van der Waals surface area (Å²) in [6.45, 7) is 5.93. The van der Waals surface area contributed by atoms with Crippen LogP contribution in [0.5, 0.6) is 0 Å². The lowest BCUT2D eigenvalue weighted by atomic mass is 10.0. The van der Waals surface area contributed by atoms with E-state index in [2.05, 4.69) is 24.4 Å². The molecule has 0 saturated carbocycles. The van der Waals surface area contributed by atoms with Gasteiger partial charge in [0.05, 0.1) is 0 Å². The van der Waals surface area contributed by atoms with E-state index in [4.69, 9.17) is 11.5 Å². The van der Waals surface area contributed by atoms with Gasteiger partial charge in [0.2, 0.25) is 0 Å². The summed E-state index contributed by atoms with van der Waals surface area (Å²) in [5.74, 6) is 0.0556. The second-order valence-electron chi connectivity index (χ2n) is 5.52. The Hall–Kier alpha value is -2.17. The van der Waals surface area contributed by atoms with Gasteiger partial charge in [0.15, 0.2) is 0 Å². The van der Waals surface area contributed by atoms with Gasteiger partial charge in [-0.3, -0.25) is 4.79 Å². The molecule has 4 nitrogen and oxygen atoms in total. The molecule has 0 aliphatic carbocycles. The molecule has 0 aromatic heterocycles. The van der Waals surface area contributed by atoms with Gasteiger partial charge in [0.25, 0.3) is 5.91 Å². The van der Waals surface area contributed by atoms with Crippen LogP contribution in [-0.2, 0) is 19.6 Å². The number of fused-ring (bicyclic) bond motifs is 1. The summed E-state index contributed by atoms with van der Waals surface area (Å²) in [5, 5.41) is 2.77. The van der Waals surface area contributed by atoms with Crippen LogP contribution in [0.3, 0.4) is 0 Å². The molecule has 2 aromatic carbocycles. The van der Waals surface area contributed by atoms with Gasteiger partial charge in [0.1, 0.15) is 0 Å². The highest BCUT2D eigenvalue weighted by atomic mass is 16.1. The second-order valence-corrected chi connectivity index (χ2v) is 5.52. The number of hydrogen-bond acceptors (Lipinski definition) is 3. The molecule has 0 fully saturated rings. The number of nitrogens with two attached hydrogens (primary N) is 2. The zero-order valence-corrected chi connectivity index (χ0v) is 13.1. The maximum Gasteiger partial charge on any atom is 0.251 e. The van der Waals surface area contributed by atoms with Gasteiger partial charge < -0.3 is 16.8 Å².